The number of nitrogens with one attached hydrogen (secondary N) is 2. The van der Waals surface area contributed by atoms with Crippen LogP contribution in [0.2, 0.25) is 0 Å². The normalized spacial score (nSPS) is 24.1. The fourth-order valence-corrected chi connectivity index (χ4v) is 4.37. The lowest BCUT2D eigenvalue weighted by molar-refractivity contribution is 0.521. The van der Waals surface area contributed by atoms with Gasteiger partial charge in [-0.3, -0.25) is 4.21 Å². The van der Waals surface area contributed by atoms with Gasteiger partial charge in [-0.2, -0.15) is 0 Å². The Balaban J connectivity index is 2.06. The summed E-state index contributed by atoms with van der Waals surface area (Å²) in [5, 5.41) is 0. The Hall–Kier alpha value is -1.03. The summed E-state index contributed by atoms with van der Waals surface area (Å²) in [6.07, 6.45) is 2.45. The molecule has 7 nitrogen and oxygen atoms in total. The number of rotatable bonds is 4. The van der Waals surface area contributed by atoms with Crippen molar-refractivity contribution in [2.24, 2.45) is 5.84 Å². The first kappa shape index (κ1) is 14.4. The van der Waals surface area contributed by atoms with E-state index in [-0.39, 0.29) is 10.9 Å². The van der Waals surface area contributed by atoms with Gasteiger partial charge < -0.3 is 5.43 Å². The SMILES string of the molecule is NNc1ccc(S(=O)(=O)NC2CCS(=O)CC2)cn1. The molecule has 0 atom stereocenters. The number of hydrazine groups is 1. The second-order valence-electron chi connectivity index (χ2n) is 4.27. The van der Waals surface area contributed by atoms with E-state index in [1.54, 1.807) is 0 Å². The van der Waals surface area contributed by atoms with Gasteiger partial charge in [-0.1, -0.05) is 0 Å². The molecule has 2 rings (SSSR count). The predicted octanol–water partition coefficient (Wildman–Crippen LogP) is -0.443. The number of hydrogen-bond donors (Lipinski definition) is 3. The van der Waals surface area contributed by atoms with Crippen LogP contribution in [0.5, 0.6) is 0 Å². The molecule has 1 aromatic rings. The van der Waals surface area contributed by atoms with Crippen LogP contribution < -0.4 is 16.0 Å². The number of hydrogen-bond acceptors (Lipinski definition) is 6. The van der Waals surface area contributed by atoms with Crippen molar-refractivity contribution in [1.29, 1.82) is 0 Å². The lowest BCUT2D eigenvalue weighted by Gasteiger charge is -2.22. The fraction of sp³-hybridized carbons (Fsp3) is 0.500. The van der Waals surface area contributed by atoms with Gasteiger partial charge in [-0.05, 0) is 25.0 Å². The van der Waals surface area contributed by atoms with Gasteiger partial charge in [-0.25, -0.2) is 24.0 Å². The van der Waals surface area contributed by atoms with Crippen LogP contribution >= 0.6 is 0 Å². The van der Waals surface area contributed by atoms with E-state index in [1.807, 2.05) is 0 Å². The van der Waals surface area contributed by atoms with E-state index in [0.29, 0.717) is 30.2 Å². The minimum absolute atomic E-state index is 0.0956. The number of sulfonamides is 1. The number of nitrogens with zero attached hydrogens (tertiary/aromatic N) is 1. The van der Waals surface area contributed by atoms with Gasteiger partial charge in [0.25, 0.3) is 0 Å². The molecule has 2 heterocycles. The second kappa shape index (κ2) is 5.95. The van der Waals surface area contributed by atoms with Crippen LogP contribution in [0.25, 0.3) is 0 Å². The molecule has 1 fully saturated rings. The first-order valence-electron chi connectivity index (χ1n) is 5.81. The van der Waals surface area contributed by atoms with E-state index in [2.05, 4.69) is 15.1 Å². The summed E-state index contributed by atoms with van der Waals surface area (Å²) in [7, 11) is -4.39. The molecule has 0 aliphatic carbocycles. The topological polar surface area (TPSA) is 114 Å². The third-order valence-electron chi connectivity index (χ3n) is 2.90. The lowest BCUT2D eigenvalue weighted by Crippen LogP contribution is -2.39. The van der Waals surface area contributed by atoms with Crippen molar-refractivity contribution in [3.05, 3.63) is 18.3 Å². The number of nitrogens with two attached hydrogens (primary N) is 1. The summed E-state index contributed by atoms with van der Waals surface area (Å²) < 4.78 is 38.0. The van der Waals surface area contributed by atoms with Crippen LogP contribution in [0.15, 0.2) is 23.2 Å². The average Bonchev–Trinajstić information content (AvgIpc) is 2.41. The minimum Gasteiger partial charge on any atom is -0.308 e. The van der Waals surface area contributed by atoms with Crippen LogP contribution in [-0.4, -0.2) is 35.2 Å². The van der Waals surface area contributed by atoms with Crippen LogP contribution in [0, 0.1) is 0 Å². The van der Waals surface area contributed by atoms with Crippen molar-refractivity contribution < 1.29 is 12.6 Å². The lowest BCUT2D eigenvalue weighted by atomic mass is 10.2. The standard InChI is InChI=1S/C10H16N4O3S2/c11-13-10-2-1-9(7-12-10)19(16,17)14-8-3-5-18(15)6-4-8/h1-2,7-8,14H,3-6,11H2,(H,12,13). The summed E-state index contributed by atoms with van der Waals surface area (Å²) in [6.45, 7) is 0. The van der Waals surface area contributed by atoms with Gasteiger partial charge in [-0.15, -0.1) is 0 Å². The molecule has 1 aliphatic rings. The van der Waals surface area contributed by atoms with Crippen LogP contribution in [-0.2, 0) is 20.8 Å². The third-order valence-corrected chi connectivity index (χ3v) is 5.79. The van der Waals surface area contributed by atoms with Crippen LogP contribution in [0.4, 0.5) is 5.82 Å². The summed E-state index contributed by atoms with van der Waals surface area (Å²) in [5.41, 5.74) is 2.33. The zero-order valence-corrected chi connectivity index (χ0v) is 11.8. The molecule has 1 aromatic heterocycles. The van der Waals surface area contributed by atoms with Crippen LogP contribution in [0.3, 0.4) is 0 Å². The molecule has 1 saturated heterocycles. The van der Waals surface area contributed by atoms with Gasteiger partial charge in [0.15, 0.2) is 0 Å². The molecule has 0 saturated carbocycles. The van der Waals surface area contributed by atoms with Crippen molar-refractivity contribution in [2.75, 3.05) is 16.9 Å². The molecule has 0 spiro atoms. The maximum Gasteiger partial charge on any atom is 0.242 e. The maximum atomic E-state index is 12.1. The van der Waals surface area contributed by atoms with E-state index >= 15 is 0 Å². The molecular weight excluding hydrogens is 288 g/mol. The Morgan fingerprint density at radius 3 is 2.53 bits per heavy atom. The van der Waals surface area contributed by atoms with Crippen molar-refractivity contribution in [1.82, 2.24) is 9.71 Å². The Labute approximate surface area is 114 Å². The monoisotopic (exact) mass is 304 g/mol. The van der Waals surface area contributed by atoms with Gasteiger partial charge >= 0.3 is 0 Å². The largest absolute Gasteiger partial charge is 0.308 e. The molecule has 19 heavy (non-hydrogen) atoms. The summed E-state index contributed by atoms with van der Waals surface area (Å²) in [4.78, 5) is 3.96. The molecule has 4 N–H and O–H groups in total. The average molecular weight is 304 g/mol. The highest BCUT2D eigenvalue weighted by molar-refractivity contribution is 7.89. The molecule has 0 radical (unpaired) electrons. The van der Waals surface area contributed by atoms with Gasteiger partial charge in [0.1, 0.15) is 10.7 Å². The van der Waals surface area contributed by atoms with Crippen molar-refractivity contribution in [2.45, 2.75) is 23.8 Å². The number of anilines is 1. The number of nitrogen functional groups attached to an aromatic ring is 1. The second-order valence-corrected chi connectivity index (χ2v) is 7.68. The van der Waals surface area contributed by atoms with E-state index in [9.17, 15) is 12.6 Å². The Morgan fingerprint density at radius 1 is 1.32 bits per heavy atom. The predicted molar refractivity (Wildman–Crippen MR) is 73.3 cm³/mol. The van der Waals surface area contributed by atoms with Gasteiger partial charge in [0.2, 0.25) is 10.0 Å². The van der Waals surface area contributed by atoms with Crippen LogP contribution in [0.1, 0.15) is 12.8 Å². The number of aromatic nitrogens is 1. The van der Waals surface area contributed by atoms with Crippen molar-refractivity contribution in [3.63, 3.8) is 0 Å². The third kappa shape index (κ3) is 3.72. The van der Waals surface area contributed by atoms with E-state index < -0.39 is 20.8 Å². The Morgan fingerprint density at radius 2 is 2.00 bits per heavy atom. The summed E-state index contributed by atoms with van der Waals surface area (Å²) >= 11 is 0. The molecule has 0 unspecified atom stereocenters. The smallest absolute Gasteiger partial charge is 0.242 e. The maximum absolute atomic E-state index is 12.1. The highest BCUT2D eigenvalue weighted by atomic mass is 32.2. The Kier molecular flexibility index (Phi) is 4.50. The summed E-state index contributed by atoms with van der Waals surface area (Å²) in [5.74, 6) is 6.65. The molecule has 0 aromatic carbocycles. The summed E-state index contributed by atoms with van der Waals surface area (Å²) in [6, 6.07) is 2.77. The first-order valence-corrected chi connectivity index (χ1v) is 8.78. The van der Waals surface area contributed by atoms with E-state index in [1.165, 1.54) is 18.3 Å². The van der Waals surface area contributed by atoms with Gasteiger partial charge in [0, 0.05) is 34.5 Å². The minimum atomic E-state index is -3.58. The van der Waals surface area contributed by atoms with Gasteiger partial charge in [0.05, 0.1) is 0 Å². The molecule has 1 aliphatic heterocycles. The Bertz CT molecular complexity index is 549. The molecule has 9 heteroatoms. The quantitative estimate of drug-likeness (QED) is 0.513. The zero-order chi connectivity index (χ0) is 13.9. The molecule has 106 valence electrons. The number of pyridine rings is 1. The molecule has 0 bridgehead atoms. The van der Waals surface area contributed by atoms with E-state index in [4.69, 9.17) is 5.84 Å². The highest BCUT2D eigenvalue weighted by Gasteiger charge is 2.24. The zero-order valence-electron chi connectivity index (χ0n) is 10.2. The first-order chi connectivity index (χ1) is 9.01. The van der Waals surface area contributed by atoms with Crippen molar-refractivity contribution in [3.8, 4) is 0 Å². The van der Waals surface area contributed by atoms with Crippen molar-refractivity contribution >= 4 is 26.6 Å². The fourth-order valence-electron chi connectivity index (χ4n) is 1.82. The molecule has 0 amide bonds. The highest BCUT2D eigenvalue weighted by Crippen LogP contribution is 2.15. The molecular formula is C10H16N4O3S2. The van der Waals surface area contributed by atoms with E-state index in [0.717, 1.165) is 0 Å².